The Kier molecular flexibility index (Phi) is 1.40. The number of fused-ring (bicyclic) bond motifs is 2. The second-order valence-electron chi connectivity index (χ2n) is 5.27. The van der Waals surface area contributed by atoms with E-state index in [1.54, 1.807) is 0 Å². The summed E-state index contributed by atoms with van der Waals surface area (Å²) in [7, 11) is 0. The fourth-order valence-electron chi connectivity index (χ4n) is 3.51. The molecule has 66 valence electrons. The van der Waals surface area contributed by atoms with Crippen molar-refractivity contribution in [3.05, 3.63) is 17.9 Å². The van der Waals surface area contributed by atoms with E-state index in [4.69, 9.17) is 0 Å². The molecule has 0 radical (unpaired) electrons. The number of allylic oxidation sites excluding steroid dienone is 1. The molecule has 0 aromatic rings. The minimum atomic E-state index is 0.384. The van der Waals surface area contributed by atoms with Crippen LogP contribution in [0, 0.1) is 16.7 Å². The highest BCUT2D eigenvalue weighted by molar-refractivity contribution is 5.30. The summed E-state index contributed by atoms with van der Waals surface area (Å²) in [6, 6.07) is 0. The number of hydrogen-bond donors (Lipinski definition) is 0. The Labute approximate surface area is 75.4 Å². The quantitative estimate of drug-likeness (QED) is 0.478. The van der Waals surface area contributed by atoms with E-state index in [1.165, 1.54) is 24.8 Å². The highest BCUT2D eigenvalue weighted by Crippen LogP contribution is 2.65. The van der Waals surface area contributed by atoms with Gasteiger partial charge in [-0.15, -0.1) is 5.73 Å². The van der Waals surface area contributed by atoms with E-state index in [1.807, 2.05) is 0 Å². The minimum absolute atomic E-state index is 0.384. The monoisotopic (exact) mass is 162 g/mol. The van der Waals surface area contributed by atoms with Crippen molar-refractivity contribution in [3.63, 3.8) is 0 Å². The second kappa shape index (κ2) is 2.06. The van der Waals surface area contributed by atoms with Gasteiger partial charge in [-0.25, -0.2) is 0 Å². The van der Waals surface area contributed by atoms with Gasteiger partial charge in [0.15, 0.2) is 0 Å². The maximum Gasteiger partial charge on any atom is -0.00322 e. The Balaban J connectivity index is 2.52. The Morgan fingerprint density at radius 3 is 2.42 bits per heavy atom. The molecular formula is C12H18. The van der Waals surface area contributed by atoms with Crippen LogP contribution in [-0.2, 0) is 0 Å². The van der Waals surface area contributed by atoms with Crippen molar-refractivity contribution in [1.82, 2.24) is 0 Å². The lowest BCUT2D eigenvalue weighted by Gasteiger charge is -2.35. The average Bonchev–Trinajstić information content (AvgIpc) is 2.39. The second-order valence-corrected chi connectivity index (χ2v) is 5.27. The summed E-state index contributed by atoms with van der Waals surface area (Å²) < 4.78 is 0. The van der Waals surface area contributed by atoms with Crippen molar-refractivity contribution >= 4 is 0 Å². The van der Waals surface area contributed by atoms with E-state index in [-0.39, 0.29) is 0 Å². The van der Waals surface area contributed by atoms with Crippen molar-refractivity contribution in [1.29, 1.82) is 0 Å². The summed E-state index contributed by atoms with van der Waals surface area (Å²) in [4.78, 5) is 0. The van der Waals surface area contributed by atoms with Gasteiger partial charge in [-0.1, -0.05) is 27.4 Å². The largest absolute Gasteiger partial charge is 0.128 e. The molecule has 0 nitrogen and oxygen atoms in total. The molecule has 0 heterocycles. The molecule has 0 aromatic carbocycles. The fourth-order valence-corrected chi connectivity index (χ4v) is 3.51. The van der Waals surface area contributed by atoms with Gasteiger partial charge in [-0.2, -0.15) is 0 Å². The van der Waals surface area contributed by atoms with Crippen LogP contribution in [0.4, 0.5) is 0 Å². The van der Waals surface area contributed by atoms with Gasteiger partial charge in [0.1, 0.15) is 0 Å². The molecule has 12 heavy (non-hydrogen) atoms. The van der Waals surface area contributed by atoms with E-state index in [2.05, 4.69) is 33.1 Å². The van der Waals surface area contributed by atoms with E-state index in [0.29, 0.717) is 10.8 Å². The molecular weight excluding hydrogens is 144 g/mol. The molecule has 2 aliphatic carbocycles. The topological polar surface area (TPSA) is 0 Å². The third-order valence-electron chi connectivity index (χ3n) is 4.19. The van der Waals surface area contributed by atoms with Gasteiger partial charge in [0.25, 0.3) is 0 Å². The molecule has 0 unspecified atom stereocenters. The normalized spacial score (nSPS) is 43.2. The molecule has 0 spiro atoms. The standard InChI is InChI=1S/C12H18/c1-5-10-11(2,3)9-6-7-12(10,4)8-9/h9H,1,6-8H2,2-4H3/t9-,12+/m0/s1. The van der Waals surface area contributed by atoms with Gasteiger partial charge in [0, 0.05) is 0 Å². The van der Waals surface area contributed by atoms with Crippen molar-refractivity contribution < 1.29 is 0 Å². The zero-order valence-electron chi connectivity index (χ0n) is 8.41. The SMILES string of the molecule is C=C=C1C(C)(C)[C@H]2CC[C@]1(C)C2. The number of hydrogen-bond acceptors (Lipinski definition) is 0. The summed E-state index contributed by atoms with van der Waals surface area (Å²) in [6.07, 6.45) is 4.14. The molecule has 2 fully saturated rings. The van der Waals surface area contributed by atoms with E-state index in [0.717, 1.165) is 5.92 Å². The van der Waals surface area contributed by atoms with Crippen molar-refractivity contribution in [2.45, 2.75) is 40.0 Å². The van der Waals surface area contributed by atoms with Crippen molar-refractivity contribution in [3.8, 4) is 0 Å². The van der Waals surface area contributed by atoms with Crippen LogP contribution in [-0.4, -0.2) is 0 Å². The minimum Gasteiger partial charge on any atom is -0.128 e. The summed E-state index contributed by atoms with van der Waals surface area (Å²) >= 11 is 0. The Bertz CT molecular complexity index is 259. The lowest BCUT2D eigenvalue weighted by Crippen LogP contribution is -2.25. The molecule has 0 saturated heterocycles. The first-order valence-electron chi connectivity index (χ1n) is 4.92. The molecule has 2 aliphatic rings. The van der Waals surface area contributed by atoms with E-state index >= 15 is 0 Å². The molecule has 2 atom stereocenters. The van der Waals surface area contributed by atoms with Crippen LogP contribution in [0.2, 0.25) is 0 Å². The molecule has 2 bridgehead atoms. The van der Waals surface area contributed by atoms with Gasteiger partial charge in [-0.05, 0) is 41.6 Å². The van der Waals surface area contributed by atoms with Gasteiger partial charge in [-0.3, -0.25) is 0 Å². The Morgan fingerprint density at radius 2 is 2.08 bits per heavy atom. The average molecular weight is 162 g/mol. The summed E-state index contributed by atoms with van der Waals surface area (Å²) in [5.74, 6) is 0.895. The summed E-state index contributed by atoms with van der Waals surface area (Å²) in [5, 5.41) is 0. The zero-order chi connectivity index (χ0) is 8.98. The predicted molar refractivity (Wildman–Crippen MR) is 51.9 cm³/mol. The van der Waals surface area contributed by atoms with Gasteiger partial charge in [0.05, 0.1) is 0 Å². The summed E-state index contributed by atoms with van der Waals surface area (Å²) in [5.41, 5.74) is 5.52. The van der Waals surface area contributed by atoms with Crippen LogP contribution in [0.15, 0.2) is 17.9 Å². The number of rotatable bonds is 0. The maximum atomic E-state index is 3.84. The van der Waals surface area contributed by atoms with Gasteiger partial charge < -0.3 is 0 Å². The molecule has 0 aliphatic heterocycles. The summed E-state index contributed by atoms with van der Waals surface area (Å²) in [6.45, 7) is 10.9. The molecule has 0 heteroatoms. The molecule has 2 saturated carbocycles. The molecule has 2 rings (SSSR count). The first kappa shape index (κ1) is 8.13. The third kappa shape index (κ3) is 0.742. The Hall–Kier alpha value is -0.480. The fraction of sp³-hybridized carbons (Fsp3) is 0.750. The van der Waals surface area contributed by atoms with Crippen molar-refractivity contribution in [2.75, 3.05) is 0 Å². The van der Waals surface area contributed by atoms with Gasteiger partial charge >= 0.3 is 0 Å². The maximum absolute atomic E-state index is 3.84. The first-order valence-corrected chi connectivity index (χ1v) is 4.92. The molecule has 0 amide bonds. The van der Waals surface area contributed by atoms with Crippen LogP contribution >= 0.6 is 0 Å². The van der Waals surface area contributed by atoms with Crippen molar-refractivity contribution in [2.24, 2.45) is 16.7 Å². The van der Waals surface area contributed by atoms with E-state index < -0.39 is 0 Å². The molecule has 0 aromatic heterocycles. The molecule has 0 N–H and O–H groups in total. The van der Waals surface area contributed by atoms with Gasteiger partial charge in [0.2, 0.25) is 0 Å². The van der Waals surface area contributed by atoms with Crippen LogP contribution < -0.4 is 0 Å². The Morgan fingerprint density at radius 1 is 1.42 bits per heavy atom. The lowest BCUT2D eigenvalue weighted by molar-refractivity contribution is 0.274. The van der Waals surface area contributed by atoms with Crippen LogP contribution in [0.5, 0.6) is 0 Å². The third-order valence-corrected chi connectivity index (χ3v) is 4.19. The van der Waals surface area contributed by atoms with E-state index in [9.17, 15) is 0 Å². The van der Waals surface area contributed by atoms with Crippen LogP contribution in [0.1, 0.15) is 40.0 Å². The highest BCUT2D eigenvalue weighted by atomic mass is 14.6. The zero-order valence-corrected chi connectivity index (χ0v) is 8.41. The smallest absolute Gasteiger partial charge is 0.00322 e. The van der Waals surface area contributed by atoms with Crippen LogP contribution in [0.3, 0.4) is 0 Å². The predicted octanol–water partition coefficient (Wildman–Crippen LogP) is 3.54. The lowest BCUT2D eigenvalue weighted by atomic mass is 9.69. The highest BCUT2D eigenvalue weighted by Gasteiger charge is 2.55. The first-order chi connectivity index (χ1) is 5.50. The van der Waals surface area contributed by atoms with Crippen LogP contribution in [0.25, 0.3) is 0 Å².